The molecule has 0 N–H and O–H groups in total. The standard InChI is InChI=1S/C20H20N4O2/c1-15-6-3-9-18(21-15)10-4-7-17-8-5-13-23(14-17)20-19(24(25)26)12-11-16(2)22-20/h3,6-7,9,11-12H,5,8,13-14H2,1-2H3/b17-7+. The lowest BCUT2D eigenvalue weighted by Crippen LogP contribution is -2.32. The molecule has 0 aromatic carbocycles. The van der Waals surface area contributed by atoms with E-state index in [2.05, 4.69) is 21.8 Å². The number of rotatable bonds is 2. The number of nitrogens with zero attached hydrogens (tertiary/aromatic N) is 4. The number of nitro groups is 1. The molecule has 0 saturated carbocycles. The van der Waals surface area contributed by atoms with Crippen LogP contribution in [0.3, 0.4) is 0 Å². The van der Waals surface area contributed by atoms with Gasteiger partial charge in [0.15, 0.2) is 0 Å². The third-order valence-electron chi connectivity index (χ3n) is 4.17. The first kappa shape index (κ1) is 17.6. The van der Waals surface area contributed by atoms with Crippen LogP contribution in [0.2, 0.25) is 0 Å². The van der Waals surface area contributed by atoms with Gasteiger partial charge in [0.1, 0.15) is 5.69 Å². The number of allylic oxidation sites excluding steroid dienone is 1. The molecule has 0 unspecified atom stereocenters. The van der Waals surface area contributed by atoms with Crippen molar-refractivity contribution in [3.8, 4) is 11.8 Å². The van der Waals surface area contributed by atoms with Crippen LogP contribution >= 0.6 is 0 Å². The summed E-state index contributed by atoms with van der Waals surface area (Å²) in [5, 5.41) is 11.3. The van der Waals surface area contributed by atoms with Crippen molar-refractivity contribution in [1.29, 1.82) is 0 Å². The van der Waals surface area contributed by atoms with E-state index in [1.807, 2.05) is 43.0 Å². The van der Waals surface area contributed by atoms with Gasteiger partial charge in [0.05, 0.1) is 4.92 Å². The molecule has 6 nitrogen and oxygen atoms in total. The number of aryl methyl sites for hydroxylation is 2. The Hall–Kier alpha value is -3.20. The second-order valence-electron chi connectivity index (χ2n) is 6.31. The summed E-state index contributed by atoms with van der Waals surface area (Å²) in [6.45, 7) is 5.13. The second kappa shape index (κ2) is 7.79. The largest absolute Gasteiger partial charge is 0.347 e. The summed E-state index contributed by atoms with van der Waals surface area (Å²) in [7, 11) is 0. The van der Waals surface area contributed by atoms with Crippen LogP contribution in [0.4, 0.5) is 11.5 Å². The highest BCUT2D eigenvalue weighted by molar-refractivity contribution is 5.59. The van der Waals surface area contributed by atoms with E-state index in [-0.39, 0.29) is 10.6 Å². The number of piperidine rings is 1. The Labute approximate surface area is 152 Å². The van der Waals surface area contributed by atoms with E-state index in [0.717, 1.165) is 42.0 Å². The predicted octanol–water partition coefficient (Wildman–Crippen LogP) is 3.58. The van der Waals surface area contributed by atoms with Gasteiger partial charge in [-0.15, -0.1) is 0 Å². The minimum Gasteiger partial charge on any atom is -0.347 e. The molecule has 26 heavy (non-hydrogen) atoms. The van der Waals surface area contributed by atoms with Crippen LogP contribution in [0.15, 0.2) is 42.0 Å². The maximum Gasteiger partial charge on any atom is 0.311 e. The van der Waals surface area contributed by atoms with Crippen LogP contribution in [-0.2, 0) is 0 Å². The van der Waals surface area contributed by atoms with Gasteiger partial charge in [-0.1, -0.05) is 12.0 Å². The van der Waals surface area contributed by atoms with Crippen molar-refractivity contribution in [2.45, 2.75) is 26.7 Å². The maximum absolute atomic E-state index is 11.3. The highest BCUT2D eigenvalue weighted by Crippen LogP contribution is 2.29. The van der Waals surface area contributed by atoms with E-state index in [4.69, 9.17) is 0 Å². The van der Waals surface area contributed by atoms with Crippen molar-refractivity contribution in [2.75, 3.05) is 18.0 Å². The number of anilines is 1. The molecule has 1 saturated heterocycles. The SMILES string of the molecule is Cc1cccc(C#C/C=C2\CCCN(c3nc(C)ccc3[N+](=O)[O-])C2)n1. The molecule has 6 heteroatoms. The fourth-order valence-electron chi connectivity index (χ4n) is 2.93. The van der Waals surface area contributed by atoms with Crippen molar-refractivity contribution < 1.29 is 4.92 Å². The monoisotopic (exact) mass is 348 g/mol. The first-order chi connectivity index (χ1) is 12.5. The highest BCUT2D eigenvalue weighted by Gasteiger charge is 2.24. The summed E-state index contributed by atoms with van der Waals surface area (Å²) in [6.07, 6.45) is 3.76. The van der Waals surface area contributed by atoms with Crippen LogP contribution in [-0.4, -0.2) is 28.0 Å². The van der Waals surface area contributed by atoms with Crippen LogP contribution in [0, 0.1) is 35.8 Å². The fourth-order valence-corrected chi connectivity index (χ4v) is 2.93. The van der Waals surface area contributed by atoms with E-state index in [9.17, 15) is 10.1 Å². The second-order valence-corrected chi connectivity index (χ2v) is 6.31. The van der Waals surface area contributed by atoms with Crippen LogP contribution in [0.5, 0.6) is 0 Å². The third-order valence-corrected chi connectivity index (χ3v) is 4.17. The Kier molecular flexibility index (Phi) is 5.28. The lowest BCUT2D eigenvalue weighted by Gasteiger charge is -2.29. The van der Waals surface area contributed by atoms with Crippen molar-refractivity contribution in [3.05, 3.63) is 69.2 Å². The number of aromatic nitrogens is 2. The third kappa shape index (κ3) is 4.25. The van der Waals surface area contributed by atoms with E-state index < -0.39 is 0 Å². The summed E-state index contributed by atoms with van der Waals surface area (Å²) in [4.78, 5) is 21.7. The van der Waals surface area contributed by atoms with Crippen LogP contribution < -0.4 is 4.90 Å². The first-order valence-corrected chi connectivity index (χ1v) is 8.53. The van der Waals surface area contributed by atoms with Gasteiger partial charge in [-0.2, -0.15) is 0 Å². The average molecular weight is 348 g/mol. The van der Waals surface area contributed by atoms with Crippen molar-refractivity contribution >= 4 is 11.5 Å². The summed E-state index contributed by atoms with van der Waals surface area (Å²) in [6, 6.07) is 8.95. The number of hydrogen-bond acceptors (Lipinski definition) is 5. The molecular weight excluding hydrogens is 328 g/mol. The number of pyridine rings is 2. The van der Waals surface area contributed by atoms with Gasteiger partial charge in [0.2, 0.25) is 5.82 Å². The molecule has 0 radical (unpaired) electrons. The Balaban J connectivity index is 1.80. The quantitative estimate of drug-likeness (QED) is 0.471. The Morgan fingerprint density at radius 3 is 2.77 bits per heavy atom. The van der Waals surface area contributed by atoms with Crippen LogP contribution in [0.25, 0.3) is 0 Å². The van der Waals surface area contributed by atoms with Crippen molar-refractivity contribution in [1.82, 2.24) is 9.97 Å². The van der Waals surface area contributed by atoms with Crippen molar-refractivity contribution in [3.63, 3.8) is 0 Å². The molecule has 0 atom stereocenters. The van der Waals surface area contributed by atoms with Gasteiger partial charge in [0, 0.05) is 30.5 Å². The Morgan fingerprint density at radius 1 is 1.19 bits per heavy atom. The molecule has 1 fully saturated rings. The fraction of sp³-hybridized carbons (Fsp3) is 0.300. The van der Waals surface area contributed by atoms with Gasteiger partial charge in [0.25, 0.3) is 0 Å². The van der Waals surface area contributed by atoms with E-state index in [1.54, 1.807) is 6.07 Å². The van der Waals surface area contributed by atoms with E-state index >= 15 is 0 Å². The first-order valence-electron chi connectivity index (χ1n) is 8.53. The molecule has 0 spiro atoms. The smallest absolute Gasteiger partial charge is 0.311 e. The van der Waals surface area contributed by atoms with Gasteiger partial charge in [-0.05, 0) is 62.5 Å². The molecule has 0 amide bonds. The summed E-state index contributed by atoms with van der Waals surface area (Å²) < 4.78 is 0. The van der Waals surface area contributed by atoms with Gasteiger partial charge < -0.3 is 4.90 Å². The molecule has 1 aliphatic heterocycles. The molecule has 3 rings (SSSR count). The predicted molar refractivity (Wildman–Crippen MR) is 101 cm³/mol. The van der Waals surface area contributed by atoms with E-state index in [0.29, 0.717) is 12.4 Å². The molecule has 0 bridgehead atoms. The Morgan fingerprint density at radius 2 is 2.00 bits per heavy atom. The van der Waals surface area contributed by atoms with Gasteiger partial charge in [-0.3, -0.25) is 10.1 Å². The van der Waals surface area contributed by atoms with Gasteiger partial charge >= 0.3 is 5.69 Å². The zero-order chi connectivity index (χ0) is 18.5. The lowest BCUT2D eigenvalue weighted by atomic mass is 10.0. The summed E-state index contributed by atoms with van der Waals surface area (Å²) in [5.74, 6) is 6.55. The van der Waals surface area contributed by atoms with Crippen LogP contribution in [0.1, 0.15) is 29.9 Å². The minimum absolute atomic E-state index is 0.0481. The topological polar surface area (TPSA) is 72.2 Å². The Bertz CT molecular complexity index is 925. The zero-order valence-electron chi connectivity index (χ0n) is 14.9. The normalized spacial score (nSPS) is 15.5. The molecule has 2 aromatic heterocycles. The zero-order valence-corrected chi connectivity index (χ0v) is 14.9. The molecule has 0 aliphatic carbocycles. The molecule has 2 aromatic rings. The van der Waals surface area contributed by atoms with E-state index in [1.165, 1.54) is 6.07 Å². The molecule has 132 valence electrons. The summed E-state index contributed by atoms with van der Waals surface area (Å²) >= 11 is 0. The minimum atomic E-state index is -0.372. The van der Waals surface area contributed by atoms with Crippen molar-refractivity contribution in [2.24, 2.45) is 0 Å². The molecular formula is C20H20N4O2. The summed E-state index contributed by atoms with van der Waals surface area (Å²) in [5.41, 5.74) is 3.64. The highest BCUT2D eigenvalue weighted by atomic mass is 16.6. The average Bonchev–Trinajstić information content (AvgIpc) is 2.62. The molecule has 3 heterocycles. The number of hydrogen-bond donors (Lipinski definition) is 0. The molecule has 1 aliphatic rings. The maximum atomic E-state index is 11.3. The van der Waals surface area contributed by atoms with Gasteiger partial charge in [-0.25, -0.2) is 9.97 Å². The lowest BCUT2D eigenvalue weighted by molar-refractivity contribution is -0.384.